The molecule has 2 aromatic carbocycles. The molecule has 1 aliphatic carbocycles. The number of rotatable bonds is 4. The van der Waals surface area contributed by atoms with Crippen LogP contribution in [0.25, 0.3) is 0 Å². The summed E-state index contributed by atoms with van der Waals surface area (Å²) in [5.74, 6) is 0.0132. The number of piperazine rings is 1. The summed E-state index contributed by atoms with van der Waals surface area (Å²) in [6.07, 6.45) is 0.703. The number of ether oxygens (including phenoxy) is 1. The van der Waals surface area contributed by atoms with Crippen molar-refractivity contribution in [2.24, 2.45) is 5.92 Å². The molecule has 5 rings (SSSR count). The van der Waals surface area contributed by atoms with Crippen molar-refractivity contribution in [2.75, 3.05) is 37.0 Å². The summed E-state index contributed by atoms with van der Waals surface area (Å²) >= 11 is 0. The quantitative estimate of drug-likeness (QED) is 0.682. The van der Waals surface area contributed by atoms with Crippen molar-refractivity contribution in [3.05, 3.63) is 53.6 Å². The van der Waals surface area contributed by atoms with Gasteiger partial charge in [0.05, 0.1) is 24.6 Å². The fourth-order valence-corrected chi connectivity index (χ4v) is 5.86. The van der Waals surface area contributed by atoms with Crippen molar-refractivity contribution in [3.63, 3.8) is 0 Å². The largest absolute Gasteiger partial charge is 0.497 e. The summed E-state index contributed by atoms with van der Waals surface area (Å²) < 4.78 is 45.5. The molecule has 2 aliphatic heterocycles. The Morgan fingerprint density at radius 3 is 2.62 bits per heavy atom. The molecule has 1 saturated heterocycles. The zero-order valence-electron chi connectivity index (χ0n) is 19.3. The predicted molar refractivity (Wildman–Crippen MR) is 125 cm³/mol. The van der Waals surface area contributed by atoms with E-state index in [-0.39, 0.29) is 18.4 Å². The van der Waals surface area contributed by atoms with E-state index in [0.717, 1.165) is 24.8 Å². The van der Waals surface area contributed by atoms with Gasteiger partial charge in [0.1, 0.15) is 5.75 Å². The number of methoxy groups -OCH3 is 1. The molecule has 0 spiro atoms. The van der Waals surface area contributed by atoms with Gasteiger partial charge < -0.3 is 15.0 Å². The summed E-state index contributed by atoms with van der Waals surface area (Å²) in [6, 6.07) is 11.6. The normalized spacial score (nSPS) is 23.4. The molecular formula is C26H30F3N3O2. The molecule has 3 aliphatic rings. The fourth-order valence-electron chi connectivity index (χ4n) is 5.86. The third-order valence-electron chi connectivity index (χ3n) is 7.59. The molecule has 0 aromatic heterocycles. The van der Waals surface area contributed by atoms with Gasteiger partial charge in [-0.3, -0.25) is 9.69 Å². The van der Waals surface area contributed by atoms with Crippen LogP contribution in [0.3, 0.4) is 0 Å². The van der Waals surface area contributed by atoms with Gasteiger partial charge in [-0.25, -0.2) is 0 Å². The number of alkyl halides is 3. The lowest BCUT2D eigenvalue weighted by Gasteiger charge is -2.50. The Labute approximate surface area is 197 Å². The third kappa shape index (κ3) is 4.48. The van der Waals surface area contributed by atoms with Gasteiger partial charge in [0.2, 0.25) is 5.91 Å². The van der Waals surface area contributed by atoms with Crippen LogP contribution in [0, 0.1) is 5.92 Å². The minimum absolute atomic E-state index is 0.0794. The molecule has 1 saturated carbocycles. The highest BCUT2D eigenvalue weighted by Crippen LogP contribution is 2.41. The second kappa shape index (κ2) is 9.13. The molecule has 1 amide bonds. The van der Waals surface area contributed by atoms with E-state index in [4.69, 9.17) is 4.74 Å². The maximum absolute atomic E-state index is 13.5. The summed E-state index contributed by atoms with van der Waals surface area (Å²) in [7, 11) is 1.56. The average Bonchev–Trinajstić information content (AvgIpc) is 3.37. The molecule has 0 bridgehead atoms. The van der Waals surface area contributed by atoms with Gasteiger partial charge in [-0.1, -0.05) is 18.9 Å². The number of anilines is 2. The molecule has 2 atom stereocenters. The number of benzene rings is 2. The Bertz CT molecular complexity index is 1050. The van der Waals surface area contributed by atoms with Crippen molar-refractivity contribution in [2.45, 2.75) is 50.4 Å². The zero-order valence-corrected chi connectivity index (χ0v) is 19.3. The topological polar surface area (TPSA) is 44.8 Å². The van der Waals surface area contributed by atoms with E-state index in [0.29, 0.717) is 29.6 Å². The lowest BCUT2D eigenvalue weighted by atomic mass is 9.82. The molecule has 8 heteroatoms. The third-order valence-corrected chi connectivity index (χ3v) is 7.59. The van der Waals surface area contributed by atoms with Crippen molar-refractivity contribution < 1.29 is 22.7 Å². The van der Waals surface area contributed by atoms with Crippen LogP contribution in [-0.2, 0) is 17.4 Å². The molecule has 1 N–H and O–H groups in total. The van der Waals surface area contributed by atoms with Crippen LogP contribution in [0.5, 0.6) is 5.75 Å². The first-order valence-electron chi connectivity index (χ1n) is 12.0. The number of halogens is 3. The highest BCUT2D eigenvalue weighted by Gasteiger charge is 2.44. The second-order valence-electron chi connectivity index (χ2n) is 9.57. The highest BCUT2D eigenvalue weighted by atomic mass is 19.4. The van der Waals surface area contributed by atoms with Crippen LogP contribution >= 0.6 is 0 Å². The standard InChI is InChI=1S/C26H30F3N3O2/c1-34-21-8-4-5-19(15-21)30-25(33)22-14-17-13-18(26(27,28)29)9-10-23(17)32-12-11-31(16-24(22)32)20-6-2-3-7-20/h4-5,8-10,13,15,20,22,24H,2-3,6-7,11-12,14,16H2,1H3,(H,30,33)/t22-,24+/m0/s1. The lowest BCUT2D eigenvalue weighted by Crippen LogP contribution is -2.61. The van der Waals surface area contributed by atoms with E-state index in [9.17, 15) is 18.0 Å². The van der Waals surface area contributed by atoms with Gasteiger partial charge in [0.15, 0.2) is 0 Å². The van der Waals surface area contributed by atoms with Crippen molar-refractivity contribution in [3.8, 4) is 5.75 Å². The molecule has 5 nitrogen and oxygen atoms in total. The van der Waals surface area contributed by atoms with Gasteiger partial charge >= 0.3 is 6.18 Å². The van der Waals surface area contributed by atoms with Crippen molar-refractivity contribution >= 4 is 17.3 Å². The van der Waals surface area contributed by atoms with E-state index in [1.165, 1.54) is 31.7 Å². The highest BCUT2D eigenvalue weighted by molar-refractivity contribution is 5.94. The Morgan fingerprint density at radius 2 is 1.88 bits per heavy atom. The van der Waals surface area contributed by atoms with E-state index < -0.39 is 17.7 Å². The van der Waals surface area contributed by atoms with Crippen molar-refractivity contribution in [1.29, 1.82) is 0 Å². The SMILES string of the molecule is COc1cccc(NC(=O)[C@H]2Cc3cc(C(F)(F)F)ccc3N3CCN(C4CCCC4)C[C@H]23)c1. The molecular weight excluding hydrogens is 443 g/mol. The Hall–Kier alpha value is -2.74. The van der Waals surface area contributed by atoms with Gasteiger partial charge in [-0.2, -0.15) is 13.2 Å². The van der Waals surface area contributed by atoms with Crippen molar-refractivity contribution in [1.82, 2.24) is 4.90 Å². The monoisotopic (exact) mass is 473 g/mol. The van der Waals surface area contributed by atoms with E-state index in [2.05, 4.69) is 15.1 Å². The second-order valence-corrected chi connectivity index (χ2v) is 9.57. The number of nitrogens with one attached hydrogen (secondary N) is 1. The number of hydrogen-bond donors (Lipinski definition) is 1. The number of nitrogens with zero attached hydrogens (tertiary/aromatic N) is 2. The number of hydrogen-bond acceptors (Lipinski definition) is 4. The average molecular weight is 474 g/mol. The van der Waals surface area contributed by atoms with Crippen LogP contribution < -0.4 is 15.0 Å². The molecule has 2 fully saturated rings. The summed E-state index contributed by atoms with van der Waals surface area (Å²) in [4.78, 5) is 18.2. The maximum atomic E-state index is 13.5. The van der Waals surface area contributed by atoms with Crippen LogP contribution in [0.1, 0.15) is 36.8 Å². The summed E-state index contributed by atoms with van der Waals surface area (Å²) in [6.45, 7) is 2.33. The first kappa shape index (κ1) is 23.0. The maximum Gasteiger partial charge on any atom is 0.416 e. The molecule has 2 aromatic rings. The van der Waals surface area contributed by atoms with Gasteiger partial charge in [0, 0.05) is 43.1 Å². The van der Waals surface area contributed by atoms with E-state index in [1.807, 2.05) is 0 Å². The number of carbonyl (C=O) groups excluding carboxylic acids is 1. The van der Waals surface area contributed by atoms with E-state index >= 15 is 0 Å². The minimum Gasteiger partial charge on any atom is -0.497 e. The molecule has 0 unspecified atom stereocenters. The lowest BCUT2D eigenvalue weighted by molar-refractivity contribution is -0.137. The van der Waals surface area contributed by atoms with Crippen LogP contribution in [0.15, 0.2) is 42.5 Å². The molecule has 182 valence electrons. The van der Waals surface area contributed by atoms with Gasteiger partial charge in [-0.15, -0.1) is 0 Å². The van der Waals surface area contributed by atoms with Gasteiger partial charge in [-0.05, 0) is 55.2 Å². The molecule has 34 heavy (non-hydrogen) atoms. The Kier molecular flexibility index (Phi) is 6.18. The predicted octanol–water partition coefficient (Wildman–Crippen LogP) is 4.96. The first-order chi connectivity index (χ1) is 16.3. The van der Waals surface area contributed by atoms with Crippen LogP contribution in [0.4, 0.5) is 24.5 Å². The number of fused-ring (bicyclic) bond motifs is 3. The van der Waals surface area contributed by atoms with Gasteiger partial charge in [0.25, 0.3) is 0 Å². The molecule has 2 heterocycles. The first-order valence-corrected chi connectivity index (χ1v) is 12.0. The smallest absolute Gasteiger partial charge is 0.416 e. The fraction of sp³-hybridized carbons (Fsp3) is 0.500. The summed E-state index contributed by atoms with van der Waals surface area (Å²) in [5, 5.41) is 2.99. The summed E-state index contributed by atoms with van der Waals surface area (Å²) in [5.41, 5.74) is 1.37. The van der Waals surface area contributed by atoms with Crippen LogP contribution in [-0.4, -0.2) is 49.6 Å². The Morgan fingerprint density at radius 1 is 1.09 bits per heavy atom. The van der Waals surface area contributed by atoms with Crippen LogP contribution in [0.2, 0.25) is 0 Å². The molecule has 0 radical (unpaired) electrons. The number of carbonyl (C=O) groups is 1. The zero-order chi connectivity index (χ0) is 23.9. The number of amides is 1. The Balaban J connectivity index is 1.45. The minimum atomic E-state index is -4.41. The van der Waals surface area contributed by atoms with E-state index in [1.54, 1.807) is 37.4 Å².